The number of rotatable bonds is 8. The fourth-order valence-electron chi connectivity index (χ4n) is 2.83. The summed E-state index contributed by atoms with van der Waals surface area (Å²) < 4.78 is 26.8. The molecule has 0 bridgehead atoms. The average Bonchev–Trinajstić information content (AvgIpc) is 2.67. The van der Waals surface area contributed by atoms with Crippen molar-refractivity contribution < 1.29 is 23.0 Å². The van der Waals surface area contributed by atoms with Gasteiger partial charge in [-0.2, -0.15) is 0 Å². The van der Waals surface area contributed by atoms with Crippen LogP contribution < -0.4 is 15.5 Å². The molecule has 0 aliphatic heterocycles. The number of nitrogens with zero attached hydrogens (tertiary/aromatic N) is 1. The highest BCUT2D eigenvalue weighted by molar-refractivity contribution is 7.86. The summed E-state index contributed by atoms with van der Waals surface area (Å²) in [5, 5.41) is 5.34. The van der Waals surface area contributed by atoms with E-state index in [2.05, 4.69) is 10.6 Å². The minimum Gasteiger partial charge on any atom is -0.350 e. The van der Waals surface area contributed by atoms with Gasteiger partial charge in [-0.25, -0.2) is 4.39 Å². The Morgan fingerprint density at radius 1 is 0.969 bits per heavy atom. The van der Waals surface area contributed by atoms with Crippen LogP contribution in [0.15, 0.2) is 48.5 Å². The maximum absolute atomic E-state index is 14.3. The van der Waals surface area contributed by atoms with Crippen LogP contribution in [0.4, 0.5) is 15.8 Å². The summed E-state index contributed by atoms with van der Waals surface area (Å²) in [7, 11) is -1.85. The molecule has 3 amide bonds. The lowest BCUT2D eigenvalue weighted by Crippen LogP contribution is -2.48. The third-order valence-corrected chi connectivity index (χ3v) is 5.33. The molecule has 9 heteroatoms. The Kier molecular flexibility index (Phi) is 8.65. The van der Waals surface area contributed by atoms with E-state index in [9.17, 15) is 23.0 Å². The van der Waals surface area contributed by atoms with Gasteiger partial charge in [-0.3, -0.25) is 23.5 Å². The van der Waals surface area contributed by atoms with Crippen molar-refractivity contribution in [2.45, 2.75) is 33.2 Å². The van der Waals surface area contributed by atoms with Crippen molar-refractivity contribution in [3.8, 4) is 0 Å². The Bertz CT molecular complexity index is 1000. The molecule has 32 heavy (non-hydrogen) atoms. The van der Waals surface area contributed by atoms with E-state index in [1.165, 1.54) is 24.3 Å². The Balaban J connectivity index is 2.07. The number of halogens is 1. The summed E-state index contributed by atoms with van der Waals surface area (Å²) in [4.78, 5) is 38.3. The fraction of sp³-hybridized carbons (Fsp3) is 0.348. The van der Waals surface area contributed by atoms with Gasteiger partial charge in [-0.15, -0.1) is 0 Å². The molecule has 2 aromatic carbocycles. The molecular weight excluding hydrogens is 433 g/mol. The number of benzene rings is 2. The SMILES string of the molecule is Cc1ccc(NC(=O)C[S@](=O)CC(=O)N(CC(=O)NC(C)(C)C)c2ccccc2F)cc1. The molecule has 0 heterocycles. The first-order valence-corrected chi connectivity index (χ1v) is 11.5. The fourth-order valence-corrected chi connectivity index (χ4v) is 3.72. The van der Waals surface area contributed by atoms with E-state index in [1.54, 1.807) is 32.9 Å². The lowest BCUT2D eigenvalue weighted by Gasteiger charge is -2.26. The number of hydrogen-bond donors (Lipinski definition) is 2. The van der Waals surface area contributed by atoms with Crippen LogP contribution in [0.25, 0.3) is 0 Å². The standard InChI is InChI=1S/C23H28FN3O4S/c1-16-9-11-17(12-10-16)25-21(29)14-32(31)15-22(30)27(13-20(28)26-23(2,3)4)19-8-6-5-7-18(19)24/h5-12H,13-15H2,1-4H3,(H,25,29)(H,26,28)/t32-/m0/s1. The molecule has 0 unspecified atom stereocenters. The number of amides is 3. The van der Waals surface area contributed by atoms with E-state index in [0.717, 1.165) is 10.5 Å². The van der Waals surface area contributed by atoms with Gasteiger partial charge in [0.05, 0.1) is 5.69 Å². The normalized spacial score (nSPS) is 12.0. The van der Waals surface area contributed by atoms with Gasteiger partial charge in [0, 0.05) is 22.0 Å². The third kappa shape index (κ3) is 8.22. The number of carbonyl (C=O) groups excluding carboxylic acids is 3. The van der Waals surface area contributed by atoms with E-state index < -0.39 is 57.9 Å². The minimum atomic E-state index is -1.85. The highest BCUT2D eigenvalue weighted by Crippen LogP contribution is 2.19. The number of para-hydroxylation sites is 1. The van der Waals surface area contributed by atoms with Gasteiger partial charge < -0.3 is 10.6 Å². The van der Waals surface area contributed by atoms with E-state index in [0.29, 0.717) is 5.69 Å². The molecule has 2 aromatic rings. The Labute approximate surface area is 189 Å². The predicted octanol–water partition coefficient (Wildman–Crippen LogP) is 2.77. The van der Waals surface area contributed by atoms with Gasteiger partial charge in [-0.05, 0) is 52.0 Å². The monoisotopic (exact) mass is 461 g/mol. The lowest BCUT2D eigenvalue weighted by molar-refractivity contribution is -0.124. The summed E-state index contributed by atoms with van der Waals surface area (Å²) in [5.41, 5.74) is 0.942. The first-order valence-electron chi connectivity index (χ1n) is 10.0. The molecule has 0 spiro atoms. The van der Waals surface area contributed by atoms with E-state index >= 15 is 0 Å². The van der Waals surface area contributed by atoms with Crippen molar-refractivity contribution in [2.24, 2.45) is 0 Å². The topological polar surface area (TPSA) is 95.6 Å². The maximum Gasteiger partial charge on any atom is 0.240 e. The van der Waals surface area contributed by atoms with Crippen LogP contribution in [0.2, 0.25) is 0 Å². The van der Waals surface area contributed by atoms with Crippen LogP contribution in [0.3, 0.4) is 0 Å². The van der Waals surface area contributed by atoms with Crippen LogP contribution in [-0.2, 0) is 25.2 Å². The molecule has 2 N–H and O–H groups in total. The highest BCUT2D eigenvalue weighted by Gasteiger charge is 2.25. The molecule has 0 aromatic heterocycles. The molecule has 0 radical (unpaired) electrons. The molecule has 0 aliphatic carbocycles. The summed E-state index contributed by atoms with van der Waals surface area (Å²) in [6.07, 6.45) is 0. The second kappa shape index (κ2) is 11.0. The molecule has 0 saturated heterocycles. The number of aryl methyl sites for hydroxylation is 1. The predicted molar refractivity (Wildman–Crippen MR) is 124 cm³/mol. The van der Waals surface area contributed by atoms with Crippen LogP contribution in [0.1, 0.15) is 26.3 Å². The van der Waals surface area contributed by atoms with Crippen molar-refractivity contribution in [1.82, 2.24) is 5.32 Å². The Hall–Kier alpha value is -3.07. The highest BCUT2D eigenvalue weighted by atomic mass is 32.2. The van der Waals surface area contributed by atoms with E-state index in [-0.39, 0.29) is 5.69 Å². The third-order valence-electron chi connectivity index (χ3n) is 4.17. The summed E-state index contributed by atoms with van der Waals surface area (Å²) >= 11 is 0. The average molecular weight is 462 g/mol. The zero-order valence-electron chi connectivity index (χ0n) is 18.6. The number of nitrogens with one attached hydrogen (secondary N) is 2. The summed E-state index contributed by atoms with van der Waals surface area (Å²) in [6, 6.07) is 12.6. The molecule has 1 atom stereocenters. The first-order chi connectivity index (χ1) is 14.9. The Morgan fingerprint density at radius 2 is 1.59 bits per heavy atom. The van der Waals surface area contributed by atoms with Gasteiger partial charge in [0.25, 0.3) is 0 Å². The van der Waals surface area contributed by atoms with E-state index in [4.69, 9.17) is 0 Å². The van der Waals surface area contributed by atoms with Crippen LogP contribution in [-0.4, -0.2) is 45.5 Å². The zero-order valence-corrected chi connectivity index (χ0v) is 19.4. The summed E-state index contributed by atoms with van der Waals surface area (Å²) in [6.45, 7) is 6.81. The van der Waals surface area contributed by atoms with Gasteiger partial charge in [0.2, 0.25) is 17.7 Å². The number of carbonyl (C=O) groups is 3. The van der Waals surface area contributed by atoms with Crippen molar-refractivity contribution in [3.63, 3.8) is 0 Å². The Morgan fingerprint density at radius 3 is 2.19 bits per heavy atom. The van der Waals surface area contributed by atoms with Gasteiger partial charge in [0.15, 0.2) is 0 Å². The van der Waals surface area contributed by atoms with Gasteiger partial charge >= 0.3 is 0 Å². The maximum atomic E-state index is 14.3. The van der Waals surface area contributed by atoms with Gasteiger partial charge in [-0.1, -0.05) is 29.8 Å². The lowest BCUT2D eigenvalue weighted by atomic mass is 10.1. The second-order valence-electron chi connectivity index (χ2n) is 8.37. The smallest absolute Gasteiger partial charge is 0.240 e. The quantitative estimate of drug-likeness (QED) is 0.632. The van der Waals surface area contributed by atoms with Crippen molar-refractivity contribution in [2.75, 3.05) is 28.3 Å². The minimum absolute atomic E-state index is 0.0948. The van der Waals surface area contributed by atoms with Crippen molar-refractivity contribution in [3.05, 3.63) is 59.9 Å². The molecule has 0 aliphatic rings. The second-order valence-corrected chi connectivity index (χ2v) is 9.83. The van der Waals surface area contributed by atoms with Crippen LogP contribution >= 0.6 is 0 Å². The van der Waals surface area contributed by atoms with Gasteiger partial charge in [0.1, 0.15) is 23.9 Å². The van der Waals surface area contributed by atoms with Crippen LogP contribution in [0, 0.1) is 12.7 Å². The molecule has 0 saturated carbocycles. The molecular formula is C23H28FN3O4S. The number of hydrogen-bond acceptors (Lipinski definition) is 4. The molecule has 0 fully saturated rings. The summed E-state index contributed by atoms with van der Waals surface area (Å²) in [5.74, 6) is -3.34. The molecule has 2 rings (SSSR count). The molecule has 172 valence electrons. The van der Waals surface area contributed by atoms with E-state index in [1.807, 2.05) is 19.1 Å². The largest absolute Gasteiger partial charge is 0.350 e. The van der Waals surface area contributed by atoms with Crippen molar-refractivity contribution >= 4 is 39.9 Å². The van der Waals surface area contributed by atoms with Crippen LogP contribution in [0.5, 0.6) is 0 Å². The zero-order chi connectivity index (χ0) is 23.9. The van der Waals surface area contributed by atoms with Crippen molar-refractivity contribution in [1.29, 1.82) is 0 Å². The number of anilines is 2. The first kappa shape index (κ1) is 25.2. The molecule has 7 nitrogen and oxygen atoms in total.